The summed E-state index contributed by atoms with van der Waals surface area (Å²) in [4.78, 5) is 19.2. The lowest BCUT2D eigenvalue weighted by Gasteiger charge is -2.44. The van der Waals surface area contributed by atoms with Crippen molar-refractivity contribution in [2.24, 2.45) is 0 Å². The number of imidazole rings is 1. The van der Waals surface area contributed by atoms with Gasteiger partial charge in [-0.3, -0.25) is 4.79 Å². The molecule has 0 radical (unpaired) electrons. The molecule has 1 fully saturated rings. The molecule has 0 aliphatic carbocycles. The van der Waals surface area contributed by atoms with Crippen molar-refractivity contribution in [2.45, 2.75) is 31.6 Å². The second kappa shape index (κ2) is 6.62. The van der Waals surface area contributed by atoms with E-state index in [0.717, 1.165) is 49.6 Å². The number of aromatic nitrogens is 2. The molecule has 5 rings (SSSR count). The van der Waals surface area contributed by atoms with Gasteiger partial charge in [-0.05, 0) is 36.4 Å². The number of benzene rings is 1. The van der Waals surface area contributed by atoms with Gasteiger partial charge in [0.2, 0.25) is 0 Å². The lowest BCUT2D eigenvalue weighted by atomic mass is 9.89. The number of rotatable bonds is 2. The molecule has 5 nitrogen and oxygen atoms in total. The Kier molecular flexibility index (Phi) is 4.10. The molecule has 4 heterocycles. The van der Waals surface area contributed by atoms with Crippen LogP contribution in [0.5, 0.6) is 0 Å². The van der Waals surface area contributed by atoms with Gasteiger partial charge in [0.05, 0.1) is 24.0 Å². The van der Waals surface area contributed by atoms with Crippen LogP contribution in [0.2, 0.25) is 0 Å². The third kappa shape index (κ3) is 2.99. The minimum absolute atomic E-state index is 0.114. The van der Waals surface area contributed by atoms with Gasteiger partial charge in [0.1, 0.15) is 12.4 Å². The minimum atomic E-state index is -0.202. The van der Waals surface area contributed by atoms with Crippen LogP contribution < -0.4 is 0 Å². The molecule has 1 amide bonds. The number of hydrogen-bond acceptors (Lipinski definition) is 4. The largest absolute Gasteiger partial charge is 0.365 e. The molecule has 1 spiro atoms. The number of nitrogens with zero attached hydrogens (tertiary/aromatic N) is 3. The number of likely N-dealkylation sites (tertiary alicyclic amines) is 1. The summed E-state index contributed by atoms with van der Waals surface area (Å²) < 4.78 is 8.58. The number of thiophene rings is 1. The van der Waals surface area contributed by atoms with E-state index in [4.69, 9.17) is 4.74 Å². The van der Waals surface area contributed by atoms with Crippen LogP contribution in [-0.2, 0) is 17.9 Å². The fourth-order valence-electron chi connectivity index (χ4n) is 4.08. The van der Waals surface area contributed by atoms with Gasteiger partial charge in [0, 0.05) is 29.6 Å². The normalized spacial score (nSPS) is 18.4. The van der Waals surface area contributed by atoms with E-state index in [-0.39, 0.29) is 11.5 Å². The monoisotopic (exact) mass is 379 g/mol. The quantitative estimate of drug-likeness (QED) is 0.680. The Morgan fingerprint density at radius 2 is 1.96 bits per heavy atom. The molecule has 0 saturated carbocycles. The summed E-state index contributed by atoms with van der Waals surface area (Å²) in [5, 5.41) is 4.26. The van der Waals surface area contributed by atoms with Crippen molar-refractivity contribution in [3.05, 3.63) is 64.7 Å². The predicted octanol–water partition coefficient (Wildman–Crippen LogP) is 3.82. The summed E-state index contributed by atoms with van der Waals surface area (Å²) in [5.41, 5.74) is 2.94. The molecule has 6 heteroatoms. The van der Waals surface area contributed by atoms with E-state index < -0.39 is 0 Å². The van der Waals surface area contributed by atoms with Gasteiger partial charge in [-0.2, -0.15) is 11.3 Å². The van der Waals surface area contributed by atoms with Crippen LogP contribution in [0.25, 0.3) is 11.3 Å². The maximum absolute atomic E-state index is 12.7. The van der Waals surface area contributed by atoms with Gasteiger partial charge in [0.25, 0.3) is 5.91 Å². The van der Waals surface area contributed by atoms with Crippen LogP contribution in [0.15, 0.2) is 53.4 Å². The third-order valence-corrected chi connectivity index (χ3v) is 6.37. The van der Waals surface area contributed by atoms with E-state index in [2.05, 4.69) is 26.4 Å². The molecule has 2 aliphatic heterocycles. The Morgan fingerprint density at radius 3 is 2.70 bits per heavy atom. The van der Waals surface area contributed by atoms with Crippen molar-refractivity contribution in [3.8, 4) is 11.3 Å². The summed E-state index contributed by atoms with van der Waals surface area (Å²) in [6, 6.07) is 11.7. The van der Waals surface area contributed by atoms with Gasteiger partial charge in [-0.1, -0.05) is 18.2 Å². The number of hydrogen-bond donors (Lipinski definition) is 0. The Hall–Kier alpha value is -2.44. The molecule has 0 N–H and O–H groups in total. The summed E-state index contributed by atoms with van der Waals surface area (Å²) in [6.07, 6.45) is 3.66. The van der Waals surface area contributed by atoms with Crippen molar-refractivity contribution >= 4 is 17.2 Å². The summed E-state index contributed by atoms with van der Waals surface area (Å²) in [7, 11) is 0. The van der Waals surface area contributed by atoms with Crippen molar-refractivity contribution < 1.29 is 9.53 Å². The van der Waals surface area contributed by atoms with E-state index in [9.17, 15) is 4.79 Å². The molecule has 27 heavy (non-hydrogen) atoms. The van der Waals surface area contributed by atoms with Gasteiger partial charge < -0.3 is 14.2 Å². The predicted molar refractivity (Wildman–Crippen MR) is 105 cm³/mol. The first kappa shape index (κ1) is 16.7. The zero-order chi connectivity index (χ0) is 18.3. The van der Waals surface area contributed by atoms with Crippen LogP contribution in [0.3, 0.4) is 0 Å². The summed E-state index contributed by atoms with van der Waals surface area (Å²) in [5.74, 6) is 1.10. The lowest BCUT2D eigenvalue weighted by Crippen LogP contribution is -2.52. The average molecular weight is 379 g/mol. The van der Waals surface area contributed by atoms with Crippen molar-refractivity contribution in [2.75, 3.05) is 13.1 Å². The number of carbonyl (C=O) groups excluding carboxylic acids is 1. The number of carbonyl (C=O) groups is 1. The number of piperidine rings is 1. The zero-order valence-electron chi connectivity index (χ0n) is 15.0. The Balaban J connectivity index is 1.33. The van der Waals surface area contributed by atoms with Crippen molar-refractivity contribution in [1.82, 2.24) is 14.5 Å². The molecule has 1 saturated heterocycles. The minimum Gasteiger partial charge on any atom is -0.365 e. The van der Waals surface area contributed by atoms with Gasteiger partial charge >= 0.3 is 0 Å². The SMILES string of the molecule is O=C(c1ccccc1)N1CCC2(CC1)Cn1c(-c3ccsc3)cnc1CO2. The van der Waals surface area contributed by atoms with Gasteiger partial charge in [0.15, 0.2) is 0 Å². The fourth-order valence-corrected chi connectivity index (χ4v) is 4.73. The molecule has 3 aromatic rings. The highest BCUT2D eigenvalue weighted by Gasteiger charge is 2.41. The highest BCUT2D eigenvalue weighted by molar-refractivity contribution is 7.08. The fraction of sp³-hybridized carbons (Fsp3) is 0.333. The Labute approximate surface area is 162 Å². The molecule has 1 aromatic carbocycles. The third-order valence-electron chi connectivity index (χ3n) is 5.69. The van der Waals surface area contributed by atoms with E-state index in [1.54, 1.807) is 11.3 Å². The van der Waals surface area contributed by atoms with Crippen LogP contribution in [-0.4, -0.2) is 39.0 Å². The highest BCUT2D eigenvalue weighted by atomic mass is 32.1. The van der Waals surface area contributed by atoms with Gasteiger partial charge in [-0.15, -0.1) is 0 Å². The lowest BCUT2D eigenvalue weighted by molar-refractivity contribution is -0.117. The standard InChI is InChI=1S/C21H21N3O2S/c25-20(16-4-2-1-3-5-16)23-9-7-21(8-10-23)15-24-18(17-6-11-27-14-17)12-22-19(24)13-26-21/h1-6,11-12,14H,7-10,13,15H2. The molecule has 138 valence electrons. The highest BCUT2D eigenvalue weighted by Crippen LogP contribution is 2.36. The van der Waals surface area contributed by atoms with E-state index in [1.165, 1.54) is 5.56 Å². The van der Waals surface area contributed by atoms with Crippen LogP contribution in [0.1, 0.15) is 29.0 Å². The van der Waals surface area contributed by atoms with Gasteiger partial charge in [-0.25, -0.2) is 4.98 Å². The van der Waals surface area contributed by atoms with Crippen LogP contribution >= 0.6 is 11.3 Å². The average Bonchev–Trinajstić information content (AvgIpc) is 3.38. The molecular weight excluding hydrogens is 358 g/mol. The number of ether oxygens (including phenoxy) is 1. The smallest absolute Gasteiger partial charge is 0.253 e. The Morgan fingerprint density at radius 1 is 1.15 bits per heavy atom. The van der Waals surface area contributed by atoms with Crippen molar-refractivity contribution in [3.63, 3.8) is 0 Å². The maximum Gasteiger partial charge on any atom is 0.253 e. The molecule has 0 atom stereocenters. The zero-order valence-corrected chi connectivity index (χ0v) is 15.8. The van der Waals surface area contributed by atoms with E-state index in [1.807, 2.05) is 41.4 Å². The molecule has 0 bridgehead atoms. The molecule has 2 aliphatic rings. The summed E-state index contributed by atoms with van der Waals surface area (Å²) >= 11 is 1.70. The van der Waals surface area contributed by atoms with Crippen LogP contribution in [0.4, 0.5) is 0 Å². The second-order valence-electron chi connectivity index (χ2n) is 7.29. The summed E-state index contributed by atoms with van der Waals surface area (Å²) in [6.45, 7) is 2.80. The first-order valence-corrected chi connectivity index (χ1v) is 10.2. The van der Waals surface area contributed by atoms with Crippen molar-refractivity contribution in [1.29, 1.82) is 0 Å². The topological polar surface area (TPSA) is 47.4 Å². The molecular formula is C21H21N3O2S. The maximum atomic E-state index is 12.7. The molecule has 0 unspecified atom stereocenters. The Bertz CT molecular complexity index is 941. The van der Waals surface area contributed by atoms with Crippen LogP contribution in [0, 0.1) is 0 Å². The first-order chi connectivity index (χ1) is 13.2. The molecule has 2 aromatic heterocycles. The number of amides is 1. The van der Waals surface area contributed by atoms with E-state index >= 15 is 0 Å². The second-order valence-corrected chi connectivity index (χ2v) is 8.07. The van der Waals surface area contributed by atoms with E-state index in [0.29, 0.717) is 6.61 Å². The first-order valence-electron chi connectivity index (χ1n) is 9.29. The number of fused-ring (bicyclic) bond motifs is 1.